The van der Waals surface area contributed by atoms with E-state index in [2.05, 4.69) is 6.92 Å². The number of rotatable bonds is 0. The van der Waals surface area contributed by atoms with E-state index in [-0.39, 0.29) is 16.8 Å². The molecule has 1 aromatic carbocycles. The van der Waals surface area contributed by atoms with Crippen LogP contribution < -0.4 is 0 Å². The molecule has 0 heterocycles. The summed E-state index contributed by atoms with van der Waals surface area (Å²) in [6, 6.07) is 10.0. The van der Waals surface area contributed by atoms with Crippen LogP contribution in [0.5, 0.6) is 0 Å². The molecule has 0 atom stereocenters. The summed E-state index contributed by atoms with van der Waals surface area (Å²) >= 11 is 0. The Morgan fingerprint density at radius 1 is 1.12 bits per heavy atom. The zero-order chi connectivity index (χ0) is 5.54. The van der Waals surface area contributed by atoms with Gasteiger partial charge in [0.05, 0.1) is 0 Å². The van der Waals surface area contributed by atoms with Crippen molar-refractivity contribution in [2.24, 2.45) is 0 Å². The van der Waals surface area contributed by atoms with Crippen molar-refractivity contribution in [2.75, 3.05) is 0 Å². The molecule has 0 aliphatic carbocycles. The van der Waals surface area contributed by atoms with Crippen LogP contribution >= 0.6 is 0 Å². The monoisotopic (exact) mass is 153 g/mol. The third-order valence-electron chi connectivity index (χ3n) is 0.556. The Morgan fingerprint density at radius 2 is 1.50 bits per heavy atom. The molecule has 0 nitrogen and oxygen atoms in total. The van der Waals surface area contributed by atoms with E-state index in [0.717, 1.165) is 0 Å². The molecule has 47 valence electrons. The summed E-state index contributed by atoms with van der Waals surface area (Å²) in [5.74, 6) is 0. The molecule has 0 unspecified atom stereocenters. The van der Waals surface area contributed by atoms with E-state index < -0.39 is 0 Å². The summed E-state index contributed by atoms with van der Waals surface area (Å²) in [5.41, 5.74) is 0. The van der Waals surface area contributed by atoms with Gasteiger partial charge in [-0.15, -0.1) is 0 Å². The SMILES string of the molecule is [CH2-]C.[Co+2].c1cc[cH-]c1. The van der Waals surface area contributed by atoms with E-state index in [9.17, 15) is 0 Å². The minimum atomic E-state index is 0. The second-order valence-corrected chi connectivity index (χ2v) is 0.962. The Kier molecular flexibility index (Phi) is 13.4. The van der Waals surface area contributed by atoms with Gasteiger partial charge in [0.15, 0.2) is 0 Å². The molecule has 0 saturated carbocycles. The Balaban J connectivity index is 0. The molecule has 0 fully saturated rings. The number of hydrogen-bond donors (Lipinski definition) is 0. The molecule has 0 aromatic heterocycles. The molecule has 0 spiro atoms. The Hall–Kier alpha value is -0.144. The quantitative estimate of drug-likeness (QED) is 0.501. The van der Waals surface area contributed by atoms with Gasteiger partial charge >= 0.3 is 16.8 Å². The van der Waals surface area contributed by atoms with Crippen molar-refractivity contribution in [3.05, 3.63) is 37.3 Å². The maximum Gasteiger partial charge on any atom is 2.00 e. The van der Waals surface area contributed by atoms with Crippen LogP contribution in [0.15, 0.2) is 30.3 Å². The summed E-state index contributed by atoms with van der Waals surface area (Å²) in [4.78, 5) is 0. The van der Waals surface area contributed by atoms with Gasteiger partial charge in [-0.2, -0.15) is 25.1 Å². The third kappa shape index (κ3) is 5.86. The van der Waals surface area contributed by atoms with E-state index >= 15 is 0 Å². The maximum atomic E-state index is 3.25. The predicted octanol–water partition coefficient (Wildman–Crippen LogP) is 2.24. The summed E-state index contributed by atoms with van der Waals surface area (Å²) in [6.07, 6.45) is 0. The third-order valence-corrected chi connectivity index (χ3v) is 0.556. The standard InChI is InChI=1S/C5H5.C2H5.Co/c1-2-4-5-3-1;1-2;/h1-5H;1H2,2H3;/q2*-1;+2. The average Bonchev–Trinajstić information content (AvgIpc) is 2.23. The molecule has 0 aliphatic rings. The van der Waals surface area contributed by atoms with Crippen molar-refractivity contribution in [1.29, 1.82) is 0 Å². The Labute approximate surface area is 61.5 Å². The first-order valence-electron chi connectivity index (χ1n) is 2.37. The minimum absolute atomic E-state index is 0. The molecule has 0 aliphatic heterocycles. The van der Waals surface area contributed by atoms with Gasteiger partial charge in [0.1, 0.15) is 0 Å². The molecular formula is C7H10Co. The van der Waals surface area contributed by atoms with Crippen LogP contribution in [-0.2, 0) is 16.8 Å². The molecule has 1 aromatic rings. The van der Waals surface area contributed by atoms with Crippen molar-refractivity contribution >= 4 is 0 Å². The summed E-state index contributed by atoms with van der Waals surface area (Å²) in [6.45, 7) is 5.00. The largest absolute Gasteiger partial charge is 2.00 e. The van der Waals surface area contributed by atoms with E-state index in [0.29, 0.717) is 0 Å². The second kappa shape index (κ2) is 9.97. The van der Waals surface area contributed by atoms with Crippen LogP contribution in [0.2, 0.25) is 0 Å². The molecule has 1 rings (SSSR count). The second-order valence-electron chi connectivity index (χ2n) is 0.962. The number of hydrogen-bond acceptors (Lipinski definition) is 0. The van der Waals surface area contributed by atoms with E-state index in [1.54, 1.807) is 6.92 Å². The van der Waals surface area contributed by atoms with E-state index in [4.69, 9.17) is 0 Å². The van der Waals surface area contributed by atoms with E-state index in [1.807, 2.05) is 30.3 Å². The van der Waals surface area contributed by atoms with Gasteiger partial charge in [0, 0.05) is 0 Å². The van der Waals surface area contributed by atoms with Crippen LogP contribution in [0, 0.1) is 6.92 Å². The molecule has 0 amide bonds. The summed E-state index contributed by atoms with van der Waals surface area (Å²) in [7, 11) is 0. The van der Waals surface area contributed by atoms with Crippen LogP contribution in [0.3, 0.4) is 0 Å². The van der Waals surface area contributed by atoms with Gasteiger partial charge in [-0.3, -0.25) is 0 Å². The first-order chi connectivity index (χ1) is 3.50. The fourth-order valence-electron chi connectivity index (χ4n) is 0.321. The zero-order valence-corrected chi connectivity index (χ0v) is 5.97. The topological polar surface area (TPSA) is 0 Å². The van der Waals surface area contributed by atoms with Crippen LogP contribution in [0.1, 0.15) is 6.92 Å². The van der Waals surface area contributed by atoms with Crippen molar-refractivity contribution in [3.63, 3.8) is 0 Å². The van der Waals surface area contributed by atoms with Gasteiger partial charge < -0.3 is 6.92 Å². The molecule has 0 bridgehead atoms. The predicted molar refractivity (Wildman–Crippen MR) is 33.1 cm³/mol. The van der Waals surface area contributed by atoms with Crippen molar-refractivity contribution in [3.8, 4) is 0 Å². The van der Waals surface area contributed by atoms with Crippen LogP contribution in [0.25, 0.3) is 0 Å². The zero-order valence-electron chi connectivity index (χ0n) is 4.93. The van der Waals surface area contributed by atoms with Gasteiger partial charge in [-0.05, 0) is 0 Å². The molecule has 1 radical (unpaired) electrons. The summed E-state index contributed by atoms with van der Waals surface area (Å²) in [5, 5.41) is 0. The normalized spacial score (nSPS) is 5.75. The van der Waals surface area contributed by atoms with Gasteiger partial charge in [-0.25, -0.2) is 12.1 Å². The van der Waals surface area contributed by atoms with Gasteiger partial charge in [-0.1, -0.05) is 0 Å². The van der Waals surface area contributed by atoms with Gasteiger partial charge in [0.2, 0.25) is 0 Å². The molecule has 8 heavy (non-hydrogen) atoms. The Bertz CT molecular complexity index is 60.9. The summed E-state index contributed by atoms with van der Waals surface area (Å²) < 4.78 is 0. The fourth-order valence-corrected chi connectivity index (χ4v) is 0.321. The first kappa shape index (κ1) is 10.8. The fraction of sp³-hybridized carbons (Fsp3) is 0.143. The van der Waals surface area contributed by atoms with Crippen LogP contribution in [-0.4, -0.2) is 0 Å². The molecular weight excluding hydrogens is 143 g/mol. The van der Waals surface area contributed by atoms with Crippen molar-refractivity contribution in [1.82, 2.24) is 0 Å². The Morgan fingerprint density at radius 3 is 1.62 bits per heavy atom. The van der Waals surface area contributed by atoms with Crippen LogP contribution in [0.4, 0.5) is 0 Å². The minimum Gasteiger partial charge on any atom is -0.346 e. The first-order valence-corrected chi connectivity index (χ1v) is 2.37. The smallest absolute Gasteiger partial charge is 0.346 e. The van der Waals surface area contributed by atoms with E-state index in [1.165, 1.54) is 0 Å². The van der Waals surface area contributed by atoms with Crippen molar-refractivity contribution in [2.45, 2.75) is 6.92 Å². The molecule has 0 N–H and O–H groups in total. The molecule has 0 saturated heterocycles. The maximum absolute atomic E-state index is 3.25. The average molecular weight is 153 g/mol. The molecule has 1 heteroatoms. The van der Waals surface area contributed by atoms with Crippen molar-refractivity contribution < 1.29 is 16.8 Å². The van der Waals surface area contributed by atoms with Gasteiger partial charge in [0.25, 0.3) is 0 Å².